The predicted molar refractivity (Wildman–Crippen MR) is 62.1 cm³/mol. The van der Waals surface area contributed by atoms with Crippen molar-refractivity contribution in [2.24, 2.45) is 5.73 Å². The van der Waals surface area contributed by atoms with Crippen LogP contribution < -0.4 is 25.3 Å². The van der Waals surface area contributed by atoms with E-state index in [0.717, 1.165) is 0 Å². The molecule has 3 N–H and O–H groups in total. The van der Waals surface area contributed by atoms with Crippen molar-refractivity contribution < 1.29 is 14.2 Å². The zero-order chi connectivity index (χ0) is 12.1. The van der Waals surface area contributed by atoms with E-state index in [9.17, 15) is 0 Å². The van der Waals surface area contributed by atoms with Gasteiger partial charge in [-0.3, -0.25) is 0 Å². The van der Waals surface area contributed by atoms with E-state index in [0.29, 0.717) is 5.69 Å². The van der Waals surface area contributed by atoms with Crippen LogP contribution in [0.3, 0.4) is 0 Å². The molecule has 8 heteroatoms. The zero-order valence-corrected chi connectivity index (χ0v) is 9.92. The average Bonchev–Trinajstić information content (AvgIpc) is 2.28. The first-order valence-electron chi connectivity index (χ1n) is 4.22. The van der Waals surface area contributed by atoms with Gasteiger partial charge in [-0.1, -0.05) is 0 Å². The second-order valence-corrected chi connectivity index (χ2v) is 3.03. The minimum absolute atomic E-state index is 0.0605. The fraction of sp³-hybridized carbons (Fsp3) is 0.375. The summed E-state index contributed by atoms with van der Waals surface area (Å²) in [4.78, 5) is 7.92. The van der Waals surface area contributed by atoms with Crippen molar-refractivity contribution in [1.29, 1.82) is 0 Å². The SMILES string of the molecule is COc1nc(OC)c(NC(N)=S)c(OC)n1. The van der Waals surface area contributed by atoms with Crippen molar-refractivity contribution >= 4 is 23.0 Å². The molecule has 7 nitrogen and oxygen atoms in total. The third kappa shape index (κ3) is 2.60. The fourth-order valence-electron chi connectivity index (χ4n) is 1.02. The molecule has 1 aromatic rings. The third-order valence-corrected chi connectivity index (χ3v) is 1.74. The molecule has 1 heterocycles. The number of nitrogens with two attached hydrogens (primary N) is 1. The fourth-order valence-corrected chi connectivity index (χ4v) is 1.12. The van der Waals surface area contributed by atoms with E-state index in [1.165, 1.54) is 21.3 Å². The molecule has 0 radical (unpaired) electrons. The third-order valence-electron chi connectivity index (χ3n) is 1.64. The van der Waals surface area contributed by atoms with E-state index in [2.05, 4.69) is 15.3 Å². The van der Waals surface area contributed by atoms with Crippen LogP contribution in [-0.4, -0.2) is 36.4 Å². The van der Waals surface area contributed by atoms with Crippen LogP contribution in [0.25, 0.3) is 0 Å². The number of anilines is 1. The number of ether oxygens (including phenoxy) is 3. The molecule has 0 bridgehead atoms. The maximum absolute atomic E-state index is 5.36. The topological polar surface area (TPSA) is 91.5 Å². The van der Waals surface area contributed by atoms with Crippen LogP contribution in [0.15, 0.2) is 0 Å². The second kappa shape index (κ2) is 5.31. The first-order valence-corrected chi connectivity index (χ1v) is 4.63. The summed E-state index contributed by atoms with van der Waals surface area (Å²) < 4.78 is 15.0. The summed E-state index contributed by atoms with van der Waals surface area (Å²) in [7, 11) is 4.34. The summed E-state index contributed by atoms with van der Waals surface area (Å²) in [6.07, 6.45) is 0. The van der Waals surface area contributed by atoms with E-state index in [4.69, 9.17) is 32.2 Å². The molecule has 0 saturated heterocycles. The van der Waals surface area contributed by atoms with Gasteiger partial charge in [0, 0.05) is 0 Å². The molecule has 0 amide bonds. The zero-order valence-electron chi connectivity index (χ0n) is 9.10. The molecule has 0 saturated carbocycles. The van der Waals surface area contributed by atoms with Crippen molar-refractivity contribution in [1.82, 2.24) is 9.97 Å². The Balaban J connectivity index is 3.25. The Hall–Kier alpha value is -1.83. The number of rotatable bonds is 4. The Morgan fingerprint density at radius 2 is 1.62 bits per heavy atom. The molecule has 0 aromatic carbocycles. The van der Waals surface area contributed by atoms with E-state index >= 15 is 0 Å². The van der Waals surface area contributed by atoms with Crippen molar-refractivity contribution in [3.05, 3.63) is 0 Å². The molecule has 88 valence electrons. The van der Waals surface area contributed by atoms with Crippen LogP contribution in [0.1, 0.15) is 0 Å². The molecule has 1 aromatic heterocycles. The van der Waals surface area contributed by atoms with Crippen molar-refractivity contribution in [3.8, 4) is 17.8 Å². The van der Waals surface area contributed by atoms with Gasteiger partial charge in [0.1, 0.15) is 0 Å². The summed E-state index contributed by atoms with van der Waals surface area (Å²) in [6.45, 7) is 0. The summed E-state index contributed by atoms with van der Waals surface area (Å²) in [6, 6.07) is 0.127. The van der Waals surface area contributed by atoms with Gasteiger partial charge in [0.15, 0.2) is 10.8 Å². The van der Waals surface area contributed by atoms with Gasteiger partial charge in [-0.05, 0) is 12.2 Å². The lowest BCUT2D eigenvalue weighted by Gasteiger charge is -2.12. The van der Waals surface area contributed by atoms with Crippen LogP contribution >= 0.6 is 12.2 Å². The highest BCUT2D eigenvalue weighted by molar-refractivity contribution is 7.80. The summed E-state index contributed by atoms with van der Waals surface area (Å²) in [5, 5.41) is 2.73. The van der Waals surface area contributed by atoms with E-state index < -0.39 is 0 Å². The molecule has 16 heavy (non-hydrogen) atoms. The smallest absolute Gasteiger partial charge is 0.322 e. The van der Waals surface area contributed by atoms with Gasteiger partial charge >= 0.3 is 6.01 Å². The molecular formula is C8H12N4O3S. The first-order chi connectivity index (χ1) is 7.62. The maximum atomic E-state index is 5.36. The van der Waals surface area contributed by atoms with E-state index in [1.54, 1.807) is 0 Å². The van der Waals surface area contributed by atoms with Crippen molar-refractivity contribution in [2.45, 2.75) is 0 Å². The molecule has 0 fully saturated rings. The molecular weight excluding hydrogens is 232 g/mol. The summed E-state index contributed by atoms with van der Waals surface area (Å²) >= 11 is 4.72. The van der Waals surface area contributed by atoms with Gasteiger partial charge in [-0.25, -0.2) is 0 Å². The van der Waals surface area contributed by atoms with Gasteiger partial charge in [-0.2, -0.15) is 9.97 Å². The minimum atomic E-state index is 0.0605. The number of aromatic nitrogens is 2. The molecule has 0 atom stereocenters. The van der Waals surface area contributed by atoms with Crippen LogP contribution in [0.2, 0.25) is 0 Å². The van der Waals surface area contributed by atoms with E-state index in [-0.39, 0.29) is 22.9 Å². The number of nitrogens with zero attached hydrogens (tertiary/aromatic N) is 2. The summed E-state index contributed by atoms with van der Waals surface area (Å²) in [5.74, 6) is 0.466. The van der Waals surface area contributed by atoms with Crippen LogP contribution in [0, 0.1) is 0 Å². The molecule has 0 aliphatic rings. The summed E-state index contributed by atoms with van der Waals surface area (Å²) in [5.41, 5.74) is 5.72. The van der Waals surface area contributed by atoms with E-state index in [1.807, 2.05) is 0 Å². The Morgan fingerprint density at radius 3 is 1.94 bits per heavy atom. The lowest BCUT2D eigenvalue weighted by Crippen LogP contribution is -2.20. The first kappa shape index (κ1) is 12.2. The largest absolute Gasteiger partial charge is 0.479 e. The lowest BCUT2D eigenvalue weighted by molar-refractivity contribution is 0.332. The van der Waals surface area contributed by atoms with Crippen LogP contribution in [0.5, 0.6) is 17.8 Å². The number of nitrogens with one attached hydrogen (secondary N) is 1. The Labute approximate surface area is 97.9 Å². The Kier molecular flexibility index (Phi) is 4.06. The van der Waals surface area contributed by atoms with Gasteiger partial charge < -0.3 is 25.3 Å². The highest BCUT2D eigenvalue weighted by Gasteiger charge is 2.16. The highest BCUT2D eigenvalue weighted by atomic mass is 32.1. The molecule has 0 aliphatic heterocycles. The van der Waals surface area contributed by atoms with Gasteiger partial charge in [0.25, 0.3) is 0 Å². The maximum Gasteiger partial charge on any atom is 0.322 e. The van der Waals surface area contributed by atoms with Crippen molar-refractivity contribution in [2.75, 3.05) is 26.6 Å². The Morgan fingerprint density at radius 1 is 1.12 bits per heavy atom. The minimum Gasteiger partial charge on any atom is -0.479 e. The molecule has 1 rings (SSSR count). The predicted octanol–water partition coefficient (Wildman–Crippen LogP) is 0.158. The van der Waals surface area contributed by atoms with Crippen LogP contribution in [0.4, 0.5) is 5.69 Å². The van der Waals surface area contributed by atoms with Gasteiger partial charge in [0.2, 0.25) is 11.8 Å². The second-order valence-electron chi connectivity index (χ2n) is 2.59. The van der Waals surface area contributed by atoms with Crippen LogP contribution in [-0.2, 0) is 0 Å². The standard InChI is InChI=1S/C8H12N4O3S/c1-13-5-4(10-7(9)16)6(14-2)12-8(11-5)15-3/h1-3H3,(H3,9,10,16). The average molecular weight is 244 g/mol. The van der Waals surface area contributed by atoms with Gasteiger partial charge in [-0.15, -0.1) is 0 Å². The molecule has 0 spiro atoms. The number of hydrogen-bond acceptors (Lipinski definition) is 6. The van der Waals surface area contributed by atoms with Gasteiger partial charge in [0.05, 0.1) is 21.3 Å². The number of thiocarbonyl (C=S) groups is 1. The normalized spacial score (nSPS) is 9.44. The molecule has 0 aliphatic carbocycles. The molecule has 0 unspecified atom stereocenters. The number of hydrogen-bond donors (Lipinski definition) is 2. The Bertz CT molecular complexity index is 374. The number of methoxy groups -OCH3 is 3. The quantitative estimate of drug-likeness (QED) is 0.724. The lowest BCUT2D eigenvalue weighted by atomic mass is 10.4. The monoisotopic (exact) mass is 244 g/mol. The highest BCUT2D eigenvalue weighted by Crippen LogP contribution is 2.32. The van der Waals surface area contributed by atoms with Crippen molar-refractivity contribution in [3.63, 3.8) is 0 Å².